The van der Waals surface area contributed by atoms with Gasteiger partial charge >= 0.3 is 0 Å². The van der Waals surface area contributed by atoms with E-state index in [0.717, 1.165) is 12.8 Å². The largest absolute Gasteiger partial charge is 0.309 e. The second-order valence-corrected chi connectivity index (χ2v) is 19.7. The van der Waals surface area contributed by atoms with Crippen LogP contribution in [0.2, 0.25) is 0 Å². The number of hydrogen-bond donors (Lipinski definition) is 0. The normalized spacial score (nSPS) is 13.4. The molecule has 0 saturated carbocycles. The Morgan fingerprint density at radius 1 is 0.254 bits per heavy atom. The van der Waals surface area contributed by atoms with Crippen LogP contribution >= 0.6 is 0 Å². The van der Waals surface area contributed by atoms with Gasteiger partial charge in [-0.1, -0.05) is 182 Å². The maximum absolute atomic E-state index is 2.52. The fraction of sp³-hybridized carbons (Fsp3) is 0.0435. The van der Waals surface area contributed by atoms with Crippen molar-refractivity contribution in [1.29, 1.82) is 0 Å². The molecule has 0 N–H and O–H groups in total. The minimum atomic E-state index is -0.136. The van der Waals surface area contributed by atoms with E-state index in [0.29, 0.717) is 0 Å². The van der Waals surface area contributed by atoms with Gasteiger partial charge in [0, 0.05) is 38.3 Å². The van der Waals surface area contributed by atoms with Gasteiger partial charge in [0.2, 0.25) is 0 Å². The Morgan fingerprint density at radius 2 is 0.577 bits per heavy atom. The first kappa shape index (κ1) is 40.0. The minimum absolute atomic E-state index is 0.136. The summed E-state index contributed by atoms with van der Waals surface area (Å²) in [5.74, 6) is 0. The van der Waals surface area contributed by atoms with Gasteiger partial charge in [-0.15, -0.1) is 0 Å². The molecule has 1 spiro atoms. The molecule has 2 aliphatic carbocycles. The van der Waals surface area contributed by atoms with E-state index < -0.39 is 0 Å². The molecule has 2 heteroatoms. The van der Waals surface area contributed by atoms with E-state index in [2.05, 4.69) is 264 Å². The molecule has 71 heavy (non-hydrogen) atoms. The number of aromatic nitrogens is 2. The topological polar surface area (TPSA) is 9.86 Å². The van der Waals surface area contributed by atoms with Crippen molar-refractivity contribution in [1.82, 2.24) is 9.13 Å². The van der Waals surface area contributed by atoms with Crippen molar-refractivity contribution in [3.63, 3.8) is 0 Å². The van der Waals surface area contributed by atoms with Crippen LogP contribution in [0.4, 0.5) is 0 Å². The zero-order valence-corrected chi connectivity index (χ0v) is 39.1. The van der Waals surface area contributed by atoms with Crippen LogP contribution in [0.5, 0.6) is 0 Å². The quantitative estimate of drug-likeness (QED) is 0.157. The second-order valence-electron chi connectivity index (χ2n) is 19.7. The summed E-state index contributed by atoms with van der Waals surface area (Å²) >= 11 is 0. The van der Waals surface area contributed by atoms with E-state index in [9.17, 15) is 0 Å². The zero-order chi connectivity index (χ0) is 46.6. The van der Waals surface area contributed by atoms with Crippen LogP contribution in [0, 0.1) is 0 Å². The number of para-hydroxylation sites is 4. The van der Waals surface area contributed by atoms with Gasteiger partial charge in [-0.05, 0) is 164 Å². The number of hydrogen-bond acceptors (Lipinski definition) is 0. The highest BCUT2D eigenvalue weighted by molar-refractivity contribution is 6.11. The third-order valence-corrected chi connectivity index (χ3v) is 15.9. The first-order valence-corrected chi connectivity index (χ1v) is 24.9. The highest BCUT2D eigenvalue weighted by Gasteiger charge is 2.47. The van der Waals surface area contributed by atoms with Crippen molar-refractivity contribution in [2.45, 2.75) is 18.3 Å². The first-order chi connectivity index (χ1) is 35.1. The van der Waals surface area contributed by atoms with Crippen molar-refractivity contribution in [2.24, 2.45) is 0 Å². The van der Waals surface area contributed by atoms with Crippen LogP contribution in [0.15, 0.2) is 255 Å². The van der Waals surface area contributed by atoms with Gasteiger partial charge in [0.15, 0.2) is 0 Å². The second kappa shape index (κ2) is 15.5. The lowest BCUT2D eigenvalue weighted by atomic mass is 9.74. The van der Waals surface area contributed by atoms with E-state index >= 15 is 0 Å². The van der Waals surface area contributed by atoms with Gasteiger partial charge in [-0.25, -0.2) is 0 Å². The lowest BCUT2D eigenvalue weighted by Crippen LogP contribution is -2.26. The molecule has 13 aromatic rings. The van der Waals surface area contributed by atoms with Gasteiger partial charge in [-0.2, -0.15) is 0 Å². The highest BCUT2D eigenvalue weighted by atomic mass is 15.0. The molecule has 0 unspecified atom stereocenters. The molecule has 0 bridgehead atoms. The molecule has 0 fully saturated rings. The first-order valence-electron chi connectivity index (χ1n) is 24.9. The summed E-state index contributed by atoms with van der Waals surface area (Å²) in [5, 5.41) is 5.08. The predicted octanol–water partition coefficient (Wildman–Crippen LogP) is 17.6. The van der Waals surface area contributed by atoms with Crippen molar-refractivity contribution in [2.75, 3.05) is 0 Å². The summed E-state index contributed by atoms with van der Waals surface area (Å²) in [6.45, 7) is 0. The van der Waals surface area contributed by atoms with Crippen LogP contribution in [-0.2, 0) is 18.3 Å². The third-order valence-electron chi connectivity index (χ3n) is 15.9. The van der Waals surface area contributed by atoms with Crippen LogP contribution in [0.3, 0.4) is 0 Å². The molecule has 0 saturated heterocycles. The van der Waals surface area contributed by atoms with E-state index in [4.69, 9.17) is 0 Å². The van der Waals surface area contributed by atoms with E-state index in [1.54, 1.807) is 0 Å². The number of benzene rings is 11. The molecule has 2 aromatic heterocycles. The van der Waals surface area contributed by atoms with E-state index in [1.165, 1.54) is 133 Å². The lowest BCUT2D eigenvalue weighted by Gasteiger charge is -2.27. The standard InChI is InChI=1S/C69H46N2/c1-3-15-55(16-4-1)70-65-21-11-9-19-59(65)61-39-49(33-37-67(61)70)45-23-27-47(28-24-45)51-31-35-57-58-36-32-52(42-64(58)69(63(57)41-51)43-53-13-7-8-14-54(53)44-69)48-29-25-46(26-30-48)50-34-38-68-62(40-50)60-20-10-12-22-66(60)71(68)56-17-5-2-6-18-56/h1-42H,43-44H2. The summed E-state index contributed by atoms with van der Waals surface area (Å²) in [4.78, 5) is 0. The molecule has 15 rings (SSSR count). The summed E-state index contributed by atoms with van der Waals surface area (Å²) in [6.07, 6.45) is 2.00. The summed E-state index contributed by atoms with van der Waals surface area (Å²) in [5.41, 5.74) is 25.5. The van der Waals surface area contributed by atoms with Gasteiger partial charge in [0.1, 0.15) is 0 Å². The maximum Gasteiger partial charge on any atom is 0.0541 e. The zero-order valence-electron chi connectivity index (χ0n) is 39.1. The average Bonchev–Trinajstić information content (AvgIpc) is 4.17. The Labute approximate surface area is 413 Å². The third kappa shape index (κ3) is 6.14. The lowest BCUT2D eigenvalue weighted by molar-refractivity contribution is 0.564. The van der Waals surface area contributed by atoms with Crippen molar-refractivity contribution < 1.29 is 0 Å². The number of rotatable bonds is 6. The Morgan fingerprint density at radius 3 is 1.00 bits per heavy atom. The smallest absolute Gasteiger partial charge is 0.0541 e. The predicted molar refractivity (Wildman–Crippen MR) is 297 cm³/mol. The van der Waals surface area contributed by atoms with Gasteiger partial charge < -0.3 is 9.13 Å². The van der Waals surface area contributed by atoms with Gasteiger partial charge in [0.25, 0.3) is 0 Å². The molecule has 0 aliphatic heterocycles. The molecular weight excluding hydrogens is 857 g/mol. The van der Waals surface area contributed by atoms with E-state index in [1.807, 2.05) is 0 Å². The number of nitrogens with zero attached hydrogens (tertiary/aromatic N) is 2. The fourth-order valence-electron chi connectivity index (χ4n) is 12.6. The number of fused-ring (bicyclic) bond motifs is 12. The SMILES string of the molecule is c1ccc(-n2c3ccccc3c3cc(-c4ccc(-c5ccc6c(c5)C5(Cc7ccccc7C5)c5cc(-c7ccc(-c8ccc9c(c8)c8ccccc8n9-c8ccccc8)cc7)ccc5-6)cc4)ccc32)cc1. The highest BCUT2D eigenvalue weighted by Crippen LogP contribution is 2.57. The average molecular weight is 903 g/mol. The van der Waals surface area contributed by atoms with Crippen LogP contribution in [-0.4, -0.2) is 9.13 Å². The van der Waals surface area contributed by atoms with Crippen LogP contribution in [0.1, 0.15) is 22.3 Å². The summed E-state index contributed by atoms with van der Waals surface area (Å²) < 4.78 is 4.76. The Balaban J connectivity index is 0.763. The van der Waals surface area contributed by atoms with Gasteiger partial charge in [0.05, 0.1) is 22.1 Å². The van der Waals surface area contributed by atoms with Crippen molar-refractivity contribution in [3.8, 4) is 67.0 Å². The van der Waals surface area contributed by atoms with Crippen LogP contribution in [0.25, 0.3) is 111 Å². The van der Waals surface area contributed by atoms with Crippen molar-refractivity contribution in [3.05, 3.63) is 277 Å². The summed E-state index contributed by atoms with van der Waals surface area (Å²) in [6, 6.07) is 94.9. The fourth-order valence-corrected chi connectivity index (χ4v) is 12.6. The minimum Gasteiger partial charge on any atom is -0.309 e. The molecular formula is C69H46N2. The molecule has 0 atom stereocenters. The molecule has 0 radical (unpaired) electrons. The molecule has 0 amide bonds. The van der Waals surface area contributed by atoms with Gasteiger partial charge in [-0.3, -0.25) is 0 Å². The summed E-state index contributed by atoms with van der Waals surface area (Å²) in [7, 11) is 0. The molecule has 332 valence electrons. The Hall–Kier alpha value is -8.98. The van der Waals surface area contributed by atoms with E-state index in [-0.39, 0.29) is 5.41 Å². The molecule has 2 heterocycles. The molecule has 2 nitrogen and oxygen atoms in total. The maximum atomic E-state index is 2.52. The Bertz CT molecular complexity index is 3970. The van der Waals surface area contributed by atoms with Crippen LogP contribution < -0.4 is 0 Å². The van der Waals surface area contributed by atoms with Crippen molar-refractivity contribution >= 4 is 43.6 Å². The Kier molecular flexibility index (Phi) is 8.73. The molecule has 11 aromatic carbocycles. The molecule has 2 aliphatic rings. The monoisotopic (exact) mass is 902 g/mol.